The first-order valence-electron chi connectivity index (χ1n) is 8.41. The normalized spacial score (nSPS) is 10.2. The van der Waals surface area contributed by atoms with E-state index in [2.05, 4.69) is 15.6 Å². The number of hydrogen-bond acceptors (Lipinski definition) is 6. The summed E-state index contributed by atoms with van der Waals surface area (Å²) in [4.78, 5) is 28.9. The molecule has 144 valence electrons. The second kappa shape index (κ2) is 8.72. The predicted molar refractivity (Wildman–Crippen MR) is 102 cm³/mol. The molecule has 0 spiro atoms. The Labute approximate surface area is 161 Å². The standard InChI is InChI=1S/C20H19N3O5/c1-26-17-9-8-13(11-18(17)27-2)22-20(25)16-7-3-6-15(23-16)19(24)21-12-14-5-4-10-28-14/h3-11H,12H2,1-2H3,(H,21,24)(H,22,25). The zero-order valence-electron chi connectivity index (χ0n) is 15.4. The van der Waals surface area contributed by atoms with Crippen molar-refractivity contribution >= 4 is 17.5 Å². The zero-order chi connectivity index (χ0) is 19.9. The number of nitrogens with zero attached hydrogens (tertiary/aromatic N) is 1. The number of amides is 2. The molecule has 0 radical (unpaired) electrons. The van der Waals surface area contributed by atoms with Crippen LogP contribution < -0.4 is 20.1 Å². The molecule has 0 aliphatic heterocycles. The van der Waals surface area contributed by atoms with Crippen LogP contribution in [0.5, 0.6) is 11.5 Å². The molecule has 8 nitrogen and oxygen atoms in total. The van der Waals surface area contributed by atoms with Gasteiger partial charge in [-0.3, -0.25) is 9.59 Å². The molecule has 8 heteroatoms. The van der Waals surface area contributed by atoms with Gasteiger partial charge in [0.1, 0.15) is 17.1 Å². The van der Waals surface area contributed by atoms with E-state index in [9.17, 15) is 9.59 Å². The van der Waals surface area contributed by atoms with Crippen molar-refractivity contribution in [2.45, 2.75) is 6.54 Å². The lowest BCUT2D eigenvalue weighted by molar-refractivity contribution is 0.0943. The van der Waals surface area contributed by atoms with Gasteiger partial charge in [0.2, 0.25) is 0 Å². The Morgan fingerprint density at radius 2 is 1.71 bits per heavy atom. The highest BCUT2D eigenvalue weighted by atomic mass is 16.5. The largest absolute Gasteiger partial charge is 0.493 e. The van der Waals surface area contributed by atoms with Crippen LogP contribution in [0.25, 0.3) is 0 Å². The van der Waals surface area contributed by atoms with Crippen molar-refractivity contribution in [2.24, 2.45) is 0 Å². The van der Waals surface area contributed by atoms with Gasteiger partial charge in [-0.05, 0) is 36.4 Å². The number of benzene rings is 1. The van der Waals surface area contributed by atoms with Crippen molar-refractivity contribution in [1.29, 1.82) is 0 Å². The molecule has 28 heavy (non-hydrogen) atoms. The monoisotopic (exact) mass is 381 g/mol. The van der Waals surface area contributed by atoms with E-state index in [4.69, 9.17) is 13.9 Å². The summed E-state index contributed by atoms with van der Waals surface area (Å²) in [6.07, 6.45) is 1.53. The summed E-state index contributed by atoms with van der Waals surface area (Å²) >= 11 is 0. The SMILES string of the molecule is COc1ccc(NC(=O)c2cccc(C(=O)NCc3ccco3)n2)cc1OC. The number of ether oxygens (including phenoxy) is 2. The molecule has 0 atom stereocenters. The minimum absolute atomic E-state index is 0.112. The summed E-state index contributed by atoms with van der Waals surface area (Å²) in [5.74, 6) is 0.800. The minimum atomic E-state index is -0.451. The molecule has 0 unspecified atom stereocenters. The zero-order valence-corrected chi connectivity index (χ0v) is 15.4. The summed E-state index contributed by atoms with van der Waals surface area (Å²) < 4.78 is 15.6. The van der Waals surface area contributed by atoms with E-state index in [0.717, 1.165) is 0 Å². The van der Waals surface area contributed by atoms with Crippen molar-refractivity contribution in [3.8, 4) is 11.5 Å². The number of anilines is 1. The highest BCUT2D eigenvalue weighted by molar-refractivity contribution is 6.04. The molecule has 2 heterocycles. The first kappa shape index (κ1) is 19.0. The Hall–Kier alpha value is -3.81. The van der Waals surface area contributed by atoms with Crippen molar-refractivity contribution in [2.75, 3.05) is 19.5 Å². The van der Waals surface area contributed by atoms with Crippen LogP contribution in [0.4, 0.5) is 5.69 Å². The van der Waals surface area contributed by atoms with Crippen LogP contribution in [0.15, 0.2) is 59.2 Å². The van der Waals surface area contributed by atoms with E-state index in [1.165, 1.54) is 32.6 Å². The van der Waals surface area contributed by atoms with Gasteiger partial charge in [0.25, 0.3) is 11.8 Å². The second-order valence-electron chi connectivity index (χ2n) is 5.69. The molecule has 3 rings (SSSR count). The average Bonchev–Trinajstić information content (AvgIpc) is 3.25. The number of rotatable bonds is 7. The summed E-state index contributed by atoms with van der Waals surface area (Å²) in [5, 5.41) is 5.41. The fourth-order valence-corrected chi connectivity index (χ4v) is 2.47. The Morgan fingerprint density at radius 3 is 2.39 bits per heavy atom. The summed E-state index contributed by atoms with van der Waals surface area (Å²) in [6.45, 7) is 0.232. The molecule has 0 saturated carbocycles. The van der Waals surface area contributed by atoms with E-state index < -0.39 is 11.8 Å². The van der Waals surface area contributed by atoms with Crippen LogP contribution in [0.3, 0.4) is 0 Å². The molecule has 0 saturated heterocycles. The van der Waals surface area contributed by atoms with Crippen LogP contribution in [0.1, 0.15) is 26.7 Å². The number of hydrogen-bond donors (Lipinski definition) is 2. The van der Waals surface area contributed by atoms with Crippen LogP contribution >= 0.6 is 0 Å². The maximum absolute atomic E-state index is 12.5. The fraction of sp³-hybridized carbons (Fsp3) is 0.150. The van der Waals surface area contributed by atoms with E-state index >= 15 is 0 Å². The lowest BCUT2D eigenvalue weighted by Gasteiger charge is -2.10. The number of carbonyl (C=O) groups is 2. The van der Waals surface area contributed by atoms with Gasteiger partial charge in [-0.15, -0.1) is 0 Å². The number of pyridine rings is 1. The van der Waals surface area contributed by atoms with Gasteiger partial charge in [0.05, 0.1) is 27.0 Å². The van der Waals surface area contributed by atoms with Gasteiger partial charge < -0.3 is 24.5 Å². The first-order valence-corrected chi connectivity index (χ1v) is 8.41. The Balaban J connectivity index is 1.69. The van der Waals surface area contributed by atoms with Crippen LogP contribution in [-0.4, -0.2) is 31.0 Å². The van der Waals surface area contributed by atoms with Crippen LogP contribution in [0, 0.1) is 0 Å². The Bertz CT molecular complexity index is 970. The second-order valence-corrected chi connectivity index (χ2v) is 5.69. The lowest BCUT2D eigenvalue weighted by Crippen LogP contribution is -2.24. The number of carbonyl (C=O) groups excluding carboxylic acids is 2. The molecule has 0 bridgehead atoms. The quantitative estimate of drug-likeness (QED) is 0.652. The first-order chi connectivity index (χ1) is 13.6. The van der Waals surface area contributed by atoms with Crippen molar-refractivity contribution in [3.63, 3.8) is 0 Å². The van der Waals surface area contributed by atoms with Crippen molar-refractivity contribution < 1.29 is 23.5 Å². The Morgan fingerprint density at radius 1 is 0.964 bits per heavy atom. The van der Waals surface area contributed by atoms with Gasteiger partial charge in [0, 0.05) is 11.8 Å². The highest BCUT2D eigenvalue weighted by Crippen LogP contribution is 2.29. The van der Waals surface area contributed by atoms with E-state index in [1.807, 2.05) is 0 Å². The van der Waals surface area contributed by atoms with E-state index in [1.54, 1.807) is 36.4 Å². The molecule has 2 aromatic heterocycles. The maximum atomic E-state index is 12.5. The van der Waals surface area contributed by atoms with E-state index in [-0.39, 0.29) is 17.9 Å². The molecule has 1 aromatic carbocycles. The van der Waals surface area contributed by atoms with Gasteiger partial charge in [-0.2, -0.15) is 0 Å². The summed E-state index contributed by atoms with van der Waals surface area (Å²) in [5.41, 5.74) is 0.754. The molecule has 2 amide bonds. The van der Waals surface area contributed by atoms with Crippen LogP contribution in [-0.2, 0) is 6.54 Å². The highest BCUT2D eigenvalue weighted by Gasteiger charge is 2.14. The molecular formula is C20H19N3O5. The summed E-state index contributed by atoms with van der Waals surface area (Å²) in [6, 6.07) is 13.1. The number of methoxy groups -OCH3 is 2. The number of aromatic nitrogens is 1. The fourth-order valence-electron chi connectivity index (χ4n) is 2.47. The number of nitrogens with one attached hydrogen (secondary N) is 2. The predicted octanol–water partition coefficient (Wildman–Crippen LogP) is 2.87. The summed E-state index contributed by atoms with van der Waals surface area (Å²) in [7, 11) is 3.04. The Kier molecular flexibility index (Phi) is 5.91. The molecule has 0 aliphatic carbocycles. The topological polar surface area (TPSA) is 103 Å². The number of furan rings is 1. The minimum Gasteiger partial charge on any atom is -0.493 e. The third kappa shape index (κ3) is 4.47. The third-order valence-corrected chi connectivity index (χ3v) is 3.86. The van der Waals surface area contributed by atoms with E-state index in [0.29, 0.717) is 22.9 Å². The molecule has 2 N–H and O–H groups in total. The molecule has 0 aliphatic rings. The van der Waals surface area contributed by atoms with Crippen molar-refractivity contribution in [1.82, 2.24) is 10.3 Å². The molecule has 3 aromatic rings. The smallest absolute Gasteiger partial charge is 0.274 e. The molecular weight excluding hydrogens is 362 g/mol. The van der Waals surface area contributed by atoms with Gasteiger partial charge in [0.15, 0.2) is 11.5 Å². The van der Waals surface area contributed by atoms with Crippen molar-refractivity contribution in [3.05, 3.63) is 71.9 Å². The van der Waals surface area contributed by atoms with Crippen LogP contribution in [0.2, 0.25) is 0 Å². The van der Waals surface area contributed by atoms with Gasteiger partial charge in [-0.25, -0.2) is 4.98 Å². The average molecular weight is 381 g/mol. The third-order valence-electron chi connectivity index (χ3n) is 3.86. The van der Waals surface area contributed by atoms with Gasteiger partial charge >= 0.3 is 0 Å². The maximum Gasteiger partial charge on any atom is 0.274 e. The molecule has 0 fully saturated rings. The van der Waals surface area contributed by atoms with Gasteiger partial charge in [-0.1, -0.05) is 6.07 Å². The lowest BCUT2D eigenvalue weighted by atomic mass is 10.2.